The highest BCUT2D eigenvalue weighted by Gasteiger charge is 2.35. The first-order valence-electron chi connectivity index (χ1n) is 4.54. The molecule has 0 fully saturated rings. The summed E-state index contributed by atoms with van der Waals surface area (Å²) in [7, 11) is 0. The van der Waals surface area contributed by atoms with Gasteiger partial charge < -0.3 is 5.73 Å². The fourth-order valence-electron chi connectivity index (χ4n) is 1.25. The monoisotopic (exact) mass is 260 g/mol. The van der Waals surface area contributed by atoms with Crippen molar-refractivity contribution >= 4 is 11.3 Å². The molecule has 0 atom stereocenters. The Hall–Kier alpha value is -1.54. The number of thiazole rings is 1. The average Bonchev–Trinajstić information content (AvgIpc) is 2.80. The molecule has 0 bridgehead atoms. The summed E-state index contributed by atoms with van der Waals surface area (Å²) in [6.07, 6.45) is -2.01. The summed E-state index contributed by atoms with van der Waals surface area (Å²) in [5.74, 6) is 0.0111. The SMILES string of the molecule is NCc1cnc(-c2cncs2)nc1C(F)(F)F. The molecule has 0 aliphatic rings. The molecule has 2 rings (SSSR count). The molecule has 0 radical (unpaired) electrons. The average molecular weight is 260 g/mol. The van der Waals surface area contributed by atoms with E-state index >= 15 is 0 Å². The maximum atomic E-state index is 12.7. The summed E-state index contributed by atoms with van der Waals surface area (Å²) in [5.41, 5.74) is 5.62. The quantitative estimate of drug-likeness (QED) is 0.897. The number of aromatic nitrogens is 3. The molecular weight excluding hydrogens is 253 g/mol. The second-order valence-electron chi connectivity index (χ2n) is 3.14. The van der Waals surface area contributed by atoms with Crippen LogP contribution in [0.25, 0.3) is 10.7 Å². The van der Waals surface area contributed by atoms with Gasteiger partial charge in [-0.1, -0.05) is 0 Å². The normalized spacial score (nSPS) is 11.8. The zero-order valence-corrected chi connectivity index (χ0v) is 9.22. The van der Waals surface area contributed by atoms with Crippen molar-refractivity contribution in [3.63, 3.8) is 0 Å². The Kier molecular flexibility index (Phi) is 3.07. The molecule has 17 heavy (non-hydrogen) atoms. The van der Waals surface area contributed by atoms with E-state index in [-0.39, 0.29) is 17.9 Å². The fraction of sp³-hybridized carbons (Fsp3) is 0.222. The first-order valence-corrected chi connectivity index (χ1v) is 5.42. The minimum Gasteiger partial charge on any atom is -0.326 e. The largest absolute Gasteiger partial charge is 0.433 e. The van der Waals surface area contributed by atoms with E-state index in [1.54, 1.807) is 0 Å². The van der Waals surface area contributed by atoms with Crippen LogP contribution in [0, 0.1) is 0 Å². The molecule has 0 aliphatic carbocycles. The molecule has 2 heterocycles. The predicted molar refractivity (Wildman–Crippen MR) is 56.0 cm³/mol. The summed E-state index contributed by atoms with van der Waals surface area (Å²) >= 11 is 1.17. The van der Waals surface area contributed by atoms with E-state index in [1.165, 1.54) is 23.0 Å². The van der Waals surface area contributed by atoms with Gasteiger partial charge >= 0.3 is 6.18 Å². The Balaban J connectivity index is 2.53. The Morgan fingerprint density at radius 1 is 1.29 bits per heavy atom. The summed E-state index contributed by atoms with van der Waals surface area (Å²) in [5, 5.41) is 0. The molecule has 0 saturated heterocycles. The van der Waals surface area contributed by atoms with E-state index in [0.29, 0.717) is 4.88 Å². The first-order chi connectivity index (χ1) is 8.02. The first kappa shape index (κ1) is 11.9. The fourth-order valence-corrected chi connectivity index (χ4v) is 1.81. The van der Waals surface area contributed by atoms with Crippen LogP contribution in [0.15, 0.2) is 17.9 Å². The van der Waals surface area contributed by atoms with Gasteiger partial charge in [0.2, 0.25) is 0 Å². The van der Waals surface area contributed by atoms with E-state index in [9.17, 15) is 13.2 Å². The van der Waals surface area contributed by atoms with Crippen LogP contribution in [0.3, 0.4) is 0 Å². The van der Waals surface area contributed by atoms with Gasteiger partial charge in [0.1, 0.15) is 0 Å². The zero-order valence-electron chi connectivity index (χ0n) is 8.40. The molecule has 4 nitrogen and oxygen atoms in total. The Labute approximate surface area is 98.4 Å². The van der Waals surface area contributed by atoms with Crippen molar-refractivity contribution in [3.05, 3.63) is 29.2 Å². The summed E-state index contributed by atoms with van der Waals surface area (Å²) < 4.78 is 38.1. The molecule has 0 amide bonds. The third-order valence-corrected chi connectivity index (χ3v) is 2.77. The maximum absolute atomic E-state index is 12.7. The van der Waals surface area contributed by atoms with Crippen molar-refractivity contribution in [2.75, 3.05) is 0 Å². The number of nitrogens with two attached hydrogens (primary N) is 1. The molecule has 90 valence electrons. The molecule has 0 spiro atoms. The lowest BCUT2D eigenvalue weighted by Crippen LogP contribution is -2.15. The highest BCUT2D eigenvalue weighted by atomic mass is 32.1. The van der Waals surface area contributed by atoms with Crippen molar-refractivity contribution < 1.29 is 13.2 Å². The molecule has 2 aromatic heterocycles. The second-order valence-corrected chi connectivity index (χ2v) is 4.02. The highest BCUT2D eigenvalue weighted by Crippen LogP contribution is 2.31. The van der Waals surface area contributed by atoms with Gasteiger partial charge in [-0.05, 0) is 0 Å². The van der Waals surface area contributed by atoms with Gasteiger partial charge in [0, 0.05) is 24.5 Å². The molecule has 8 heteroatoms. The minimum absolute atomic E-state index is 0.0111. The van der Waals surface area contributed by atoms with Crippen molar-refractivity contribution in [2.45, 2.75) is 12.7 Å². The third-order valence-electron chi connectivity index (χ3n) is 2.01. The molecule has 0 unspecified atom stereocenters. The van der Waals surface area contributed by atoms with Crippen molar-refractivity contribution in [2.24, 2.45) is 5.73 Å². The number of alkyl halides is 3. The smallest absolute Gasteiger partial charge is 0.326 e. The van der Waals surface area contributed by atoms with E-state index < -0.39 is 11.9 Å². The van der Waals surface area contributed by atoms with E-state index in [1.807, 2.05) is 0 Å². The van der Waals surface area contributed by atoms with Crippen LogP contribution >= 0.6 is 11.3 Å². The van der Waals surface area contributed by atoms with Gasteiger partial charge in [0.05, 0.1) is 10.4 Å². The highest BCUT2D eigenvalue weighted by molar-refractivity contribution is 7.13. The van der Waals surface area contributed by atoms with Crippen LogP contribution < -0.4 is 5.73 Å². The lowest BCUT2D eigenvalue weighted by Gasteiger charge is -2.10. The van der Waals surface area contributed by atoms with Crippen LogP contribution in [0.5, 0.6) is 0 Å². The van der Waals surface area contributed by atoms with E-state index in [2.05, 4.69) is 15.0 Å². The summed E-state index contributed by atoms with van der Waals surface area (Å²) in [4.78, 5) is 11.6. The Bertz CT molecular complexity index is 509. The van der Waals surface area contributed by atoms with Crippen LogP contribution in [-0.4, -0.2) is 15.0 Å². The lowest BCUT2D eigenvalue weighted by atomic mass is 10.2. The lowest BCUT2D eigenvalue weighted by molar-refractivity contribution is -0.141. The van der Waals surface area contributed by atoms with Crippen LogP contribution in [0.2, 0.25) is 0 Å². The molecule has 2 N–H and O–H groups in total. The molecule has 0 saturated carbocycles. The standard InChI is InChI=1S/C9H7F3N4S/c10-9(11,12)7-5(1-13)2-15-8(16-7)6-3-14-4-17-6/h2-4H,1,13H2. The minimum atomic E-state index is -4.53. The van der Waals surface area contributed by atoms with Gasteiger partial charge in [0.15, 0.2) is 11.5 Å². The number of hydrogen-bond acceptors (Lipinski definition) is 5. The molecule has 2 aromatic rings. The molecule has 0 aliphatic heterocycles. The summed E-state index contributed by atoms with van der Waals surface area (Å²) in [6, 6.07) is 0. The third kappa shape index (κ3) is 2.42. The number of rotatable bonds is 2. The van der Waals surface area contributed by atoms with Gasteiger partial charge in [0.25, 0.3) is 0 Å². The summed E-state index contributed by atoms with van der Waals surface area (Å²) in [6.45, 7) is -0.252. The van der Waals surface area contributed by atoms with Crippen molar-refractivity contribution in [1.82, 2.24) is 15.0 Å². The van der Waals surface area contributed by atoms with E-state index in [0.717, 1.165) is 6.20 Å². The topological polar surface area (TPSA) is 64.7 Å². The van der Waals surface area contributed by atoms with Crippen molar-refractivity contribution in [1.29, 1.82) is 0 Å². The van der Waals surface area contributed by atoms with Gasteiger partial charge in [-0.3, -0.25) is 4.98 Å². The number of nitrogens with zero attached hydrogens (tertiary/aromatic N) is 3. The van der Waals surface area contributed by atoms with E-state index in [4.69, 9.17) is 5.73 Å². The zero-order chi connectivity index (χ0) is 12.5. The van der Waals surface area contributed by atoms with Gasteiger partial charge in [-0.15, -0.1) is 11.3 Å². The van der Waals surface area contributed by atoms with Crippen molar-refractivity contribution in [3.8, 4) is 10.7 Å². The second kappa shape index (κ2) is 4.38. The Morgan fingerprint density at radius 2 is 2.06 bits per heavy atom. The van der Waals surface area contributed by atoms with Gasteiger partial charge in [-0.25, -0.2) is 9.97 Å². The predicted octanol–water partition coefficient (Wildman–Crippen LogP) is 2.08. The number of halogens is 3. The molecule has 0 aromatic carbocycles. The Morgan fingerprint density at radius 3 is 2.59 bits per heavy atom. The number of hydrogen-bond donors (Lipinski definition) is 1. The van der Waals surface area contributed by atoms with Crippen LogP contribution in [0.1, 0.15) is 11.3 Å². The van der Waals surface area contributed by atoms with Gasteiger partial charge in [-0.2, -0.15) is 13.2 Å². The molecular formula is C9H7F3N4S. The van der Waals surface area contributed by atoms with Crippen LogP contribution in [-0.2, 0) is 12.7 Å². The van der Waals surface area contributed by atoms with Crippen LogP contribution in [0.4, 0.5) is 13.2 Å². The maximum Gasteiger partial charge on any atom is 0.433 e.